The van der Waals surface area contributed by atoms with Crippen molar-refractivity contribution in [3.05, 3.63) is 54.4 Å². The molecule has 0 saturated carbocycles. The number of nitrogens with one attached hydrogen (secondary N) is 1. The van der Waals surface area contributed by atoms with E-state index in [1.165, 1.54) is 0 Å². The zero-order chi connectivity index (χ0) is 16.8. The first-order valence-electron chi connectivity index (χ1n) is 8.37. The van der Waals surface area contributed by atoms with Crippen molar-refractivity contribution >= 4 is 5.91 Å². The van der Waals surface area contributed by atoms with E-state index in [0.29, 0.717) is 19.7 Å². The Balaban J connectivity index is 1.49. The highest BCUT2D eigenvalue weighted by molar-refractivity contribution is 5.81. The minimum atomic E-state index is -0.169. The first-order chi connectivity index (χ1) is 11.7. The van der Waals surface area contributed by atoms with Crippen LogP contribution in [-0.4, -0.2) is 52.4 Å². The molecule has 1 saturated heterocycles. The Bertz CT molecular complexity index is 630. The van der Waals surface area contributed by atoms with Crippen molar-refractivity contribution < 1.29 is 9.53 Å². The number of hydrogen-bond donors (Lipinski definition) is 1. The van der Waals surface area contributed by atoms with Crippen molar-refractivity contribution in [2.45, 2.75) is 32.2 Å². The van der Waals surface area contributed by atoms with Crippen molar-refractivity contribution in [2.75, 3.05) is 19.7 Å². The Kier molecular flexibility index (Phi) is 5.61. The topological polar surface area (TPSA) is 59.4 Å². The van der Waals surface area contributed by atoms with E-state index < -0.39 is 0 Å². The number of hydrogen-bond acceptors (Lipinski definition) is 4. The molecule has 1 aliphatic heterocycles. The second kappa shape index (κ2) is 8.08. The van der Waals surface area contributed by atoms with Crippen molar-refractivity contribution in [3.63, 3.8) is 0 Å². The number of benzene rings is 1. The largest absolute Gasteiger partial charge is 0.374 e. The SMILES string of the molecule is CC(C(=O)NCc1ccccc1)N1CCOC(Cn2cccn2)C1. The maximum absolute atomic E-state index is 12.4. The molecule has 6 heteroatoms. The molecule has 2 heterocycles. The van der Waals surface area contributed by atoms with Gasteiger partial charge in [0.2, 0.25) is 5.91 Å². The second-order valence-electron chi connectivity index (χ2n) is 6.10. The number of rotatable bonds is 6. The van der Waals surface area contributed by atoms with E-state index in [4.69, 9.17) is 4.74 Å². The number of carbonyl (C=O) groups is 1. The standard InChI is InChI=1S/C18H24N4O2/c1-15(18(23)19-12-16-6-3-2-4-7-16)21-10-11-24-17(13-21)14-22-9-5-8-20-22/h2-9,15,17H,10-14H2,1H3,(H,19,23). The highest BCUT2D eigenvalue weighted by Crippen LogP contribution is 2.11. The summed E-state index contributed by atoms with van der Waals surface area (Å²) in [4.78, 5) is 14.6. The third-order valence-electron chi connectivity index (χ3n) is 4.36. The lowest BCUT2D eigenvalue weighted by Crippen LogP contribution is -2.52. The minimum absolute atomic E-state index is 0.0543. The van der Waals surface area contributed by atoms with Crippen LogP contribution < -0.4 is 5.32 Å². The van der Waals surface area contributed by atoms with E-state index in [1.54, 1.807) is 6.20 Å². The predicted molar refractivity (Wildman–Crippen MR) is 91.3 cm³/mol. The highest BCUT2D eigenvalue weighted by atomic mass is 16.5. The van der Waals surface area contributed by atoms with Crippen LogP contribution in [0.5, 0.6) is 0 Å². The quantitative estimate of drug-likeness (QED) is 0.868. The number of carbonyl (C=O) groups excluding carboxylic acids is 1. The van der Waals surface area contributed by atoms with Gasteiger partial charge >= 0.3 is 0 Å². The fraction of sp³-hybridized carbons (Fsp3) is 0.444. The van der Waals surface area contributed by atoms with Gasteiger partial charge in [0.25, 0.3) is 0 Å². The van der Waals surface area contributed by atoms with Gasteiger partial charge in [-0.15, -0.1) is 0 Å². The van der Waals surface area contributed by atoms with Gasteiger partial charge in [-0.25, -0.2) is 0 Å². The lowest BCUT2D eigenvalue weighted by atomic mass is 10.2. The molecule has 24 heavy (non-hydrogen) atoms. The summed E-state index contributed by atoms with van der Waals surface area (Å²) in [7, 11) is 0. The smallest absolute Gasteiger partial charge is 0.237 e. The van der Waals surface area contributed by atoms with Crippen LogP contribution in [0.25, 0.3) is 0 Å². The summed E-state index contributed by atoms with van der Waals surface area (Å²) < 4.78 is 7.68. The van der Waals surface area contributed by atoms with Crippen LogP contribution in [0.1, 0.15) is 12.5 Å². The van der Waals surface area contributed by atoms with Crippen LogP contribution >= 0.6 is 0 Å². The fourth-order valence-corrected chi connectivity index (χ4v) is 2.92. The van der Waals surface area contributed by atoms with Crippen LogP contribution in [0.4, 0.5) is 0 Å². The van der Waals surface area contributed by atoms with Gasteiger partial charge in [-0.1, -0.05) is 30.3 Å². The lowest BCUT2D eigenvalue weighted by molar-refractivity contribution is -0.129. The van der Waals surface area contributed by atoms with Crippen LogP contribution in [0.15, 0.2) is 48.8 Å². The summed E-state index contributed by atoms with van der Waals surface area (Å²) in [6, 6.07) is 11.7. The van der Waals surface area contributed by atoms with Gasteiger partial charge in [0, 0.05) is 32.0 Å². The first-order valence-corrected chi connectivity index (χ1v) is 8.37. The second-order valence-corrected chi connectivity index (χ2v) is 6.10. The van der Waals surface area contributed by atoms with Crippen molar-refractivity contribution in [2.24, 2.45) is 0 Å². The molecule has 1 aliphatic rings. The normalized spacial score (nSPS) is 19.8. The van der Waals surface area contributed by atoms with E-state index in [2.05, 4.69) is 15.3 Å². The molecule has 1 aromatic carbocycles. The Labute approximate surface area is 142 Å². The van der Waals surface area contributed by atoms with Gasteiger partial charge in [-0.3, -0.25) is 14.4 Å². The molecule has 1 fully saturated rings. The van der Waals surface area contributed by atoms with Gasteiger partial charge in [0.05, 0.1) is 25.3 Å². The predicted octanol–water partition coefficient (Wildman–Crippen LogP) is 1.29. The molecule has 1 amide bonds. The Morgan fingerprint density at radius 1 is 1.38 bits per heavy atom. The van der Waals surface area contributed by atoms with Crippen LogP contribution in [0.3, 0.4) is 0 Å². The summed E-state index contributed by atoms with van der Waals surface area (Å²) in [6.45, 7) is 5.38. The molecule has 1 N–H and O–H groups in total. The van der Waals surface area contributed by atoms with E-state index in [9.17, 15) is 4.79 Å². The molecule has 2 aromatic rings. The average Bonchev–Trinajstić information content (AvgIpc) is 3.13. The molecule has 128 valence electrons. The maximum Gasteiger partial charge on any atom is 0.237 e. The van der Waals surface area contributed by atoms with Crippen molar-refractivity contribution in [1.29, 1.82) is 0 Å². The molecule has 0 aliphatic carbocycles. The first kappa shape index (κ1) is 16.7. The Hall–Kier alpha value is -2.18. The number of nitrogens with zero attached hydrogens (tertiary/aromatic N) is 3. The third-order valence-corrected chi connectivity index (χ3v) is 4.36. The molecular weight excluding hydrogens is 304 g/mol. The number of amides is 1. The van der Waals surface area contributed by atoms with Crippen LogP contribution in [-0.2, 0) is 22.6 Å². The molecule has 0 radical (unpaired) electrons. The monoisotopic (exact) mass is 328 g/mol. The van der Waals surface area contributed by atoms with Gasteiger partial charge in [-0.2, -0.15) is 5.10 Å². The fourth-order valence-electron chi connectivity index (χ4n) is 2.92. The molecule has 1 aromatic heterocycles. The zero-order valence-corrected chi connectivity index (χ0v) is 14.0. The average molecular weight is 328 g/mol. The molecule has 0 bridgehead atoms. The highest BCUT2D eigenvalue weighted by Gasteiger charge is 2.28. The lowest BCUT2D eigenvalue weighted by Gasteiger charge is -2.36. The van der Waals surface area contributed by atoms with Gasteiger partial charge in [-0.05, 0) is 18.6 Å². The van der Waals surface area contributed by atoms with Gasteiger partial charge in [0.15, 0.2) is 0 Å². The minimum Gasteiger partial charge on any atom is -0.374 e. The summed E-state index contributed by atoms with van der Waals surface area (Å²) in [6.07, 6.45) is 3.75. The van der Waals surface area contributed by atoms with E-state index >= 15 is 0 Å². The Morgan fingerprint density at radius 3 is 2.96 bits per heavy atom. The summed E-state index contributed by atoms with van der Waals surface area (Å²) in [5.41, 5.74) is 1.11. The van der Waals surface area contributed by atoms with Crippen LogP contribution in [0.2, 0.25) is 0 Å². The number of aromatic nitrogens is 2. The summed E-state index contributed by atoms with van der Waals surface area (Å²) in [5, 5.41) is 7.23. The molecular formula is C18H24N4O2. The molecule has 6 nitrogen and oxygen atoms in total. The van der Waals surface area contributed by atoms with Gasteiger partial charge < -0.3 is 10.1 Å². The van der Waals surface area contributed by atoms with E-state index in [1.807, 2.05) is 54.2 Å². The third kappa shape index (κ3) is 4.43. The maximum atomic E-state index is 12.4. The number of morpholine rings is 1. The van der Waals surface area contributed by atoms with Crippen molar-refractivity contribution in [3.8, 4) is 0 Å². The van der Waals surface area contributed by atoms with E-state index in [0.717, 1.165) is 18.7 Å². The Morgan fingerprint density at radius 2 is 2.21 bits per heavy atom. The van der Waals surface area contributed by atoms with Gasteiger partial charge in [0.1, 0.15) is 0 Å². The van der Waals surface area contributed by atoms with Crippen LogP contribution in [0, 0.1) is 0 Å². The molecule has 2 unspecified atom stereocenters. The zero-order valence-electron chi connectivity index (χ0n) is 14.0. The summed E-state index contributed by atoms with van der Waals surface area (Å²) in [5.74, 6) is 0.0543. The molecule has 0 spiro atoms. The van der Waals surface area contributed by atoms with Crippen molar-refractivity contribution in [1.82, 2.24) is 20.0 Å². The van der Waals surface area contributed by atoms with E-state index in [-0.39, 0.29) is 18.1 Å². The molecule has 3 rings (SSSR count). The summed E-state index contributed by atoms with van der Waals surface area (Å²) >= 11 is 0. The number of ether oxygens (including phenoxy) is 1. The molecule has 2 atom stereocenters.